The molecule has 17 heavy (non-hydrogen) atoms. The molecule has 1 aromatic rings. The van der Waals surface area contributed by atoms with Crippen molar-refractivity contribution in [2.24, 2.45) is 5.92 Å². The van der Waals surface area contributed by atoms with E-state index in [0.29, 0.717) is 13.0 Å². The first-order chi connectivity index (χ1) is 8.09. The van der Waals surface area contributed by atoms with E-state index in [1.165, 1.54) is 0 Å². The lowest BCUT2D eigenvalue weighted by Crippen LogP contribution is -2.33. The Balaban J connectivity index is 2.12. The average molecular weight is 233 g/mol. The average Bonchev–Trinajstić information content (AvgIpc) is 2.58. The van der Waals surface area contributed by atoms with E-state index in [1.807, 2.05) is 37.3 Å². The van der Waals surface area contributed by atoms with E-state index in [2.05, 4.69) is 0 Å². The summed E-state index contributed by atoms with van der Waals surface area (Å²) >= 11 is 0. The van der Waals surface area contributed by atoms with Crippen LogP contribution in [0.25, 0.3) is 0 Å². The van der Waals surface area contributed by atoms with Crippen LogP contribution in [0.3, 0.4) is 0 Å². The molecule has 1 N–H and O–H groups in total. The summed E-state index contributed by atoms with van der Waals surface area (Å²) in [5.74, 6) is -2.15. The number of carbonyl (C=O) groups excluding carboxylic acids is 1. The molecule has 0 aliphatic carbocycles. The fourth-order valence-corrected chi connectivity index (χ4v) is 2.21. The zero-order chi connectivity index (χ0) is 12.4. The van der Waals surface area contributed by atoms with Crippen molar-refractivity contribution in [2.75, 3.05) is 0 Å². The maximum atomic E-state index is 11.9. The second-order valence-corrected chi connectivity index (χ2v) is 4.43. The molecular formula is C13H15NO3. The molecular weight excluding hydrogens is 218 g/mol. The van der Waals surface area contributed by atoms with E-state index in [-0.39, 0.29) is 11.9 Å². The molecule has 90 valence electrons. The van der Waals surface area contributed by atoms with Gasteiger partial charge in [0.15, 0.2) is 0 Å². The van der Waals surface area contributed by atoms with E-state index in [1.54, 1.807) is 4.90 Å². The third kappa shape index (κ3) is 2.30. The first-order valence-corrected chi connectivity index (χ1v) is 5.67. The van der Waals surface area contributed by atoms with Crippen molar-refractivity contribution in [3.8, 4) is 0 Å². The largest absolute Gasteiger partial charge is 0.481 e. The molecule has 1 saturated heterocycles. The number of rotatable bonds is 3. The van der Waals surface area contributed by atoms with Crippen LogP contribution < -0.4 is 0 Å². The molecule has 0 radical (unpaired) electrons. The van der Waals surface area contributed by atoms with Crippen molar-refractivity contribution in [1.29, 1.82) is 0 Å². The number of likely N-dealkylation sites (tertiary alicyclic amines) is 1. The standard InChI is InChI=1S/C13H15NO3/c1-9-7-11(13(16)17)12(15)14(9)8-10-5-3-2-4-6-10/h2-6,9,11H,7-8H2,1H3,(H,16,17)/t9-,11+/m1/s1. The summed E-state index contributed by atoms with van der Waals surface area (Å²) < 4.78 is 0. The van der Waals surface area contributed by atoms with Gasteiger partial charge in [0.1, 0.15) is 5.92 Å². The number of aliphatic carboxylic acids is 1. The summed E-state index contributed by atoms with van der Waals surface area (Å²) in [4.78, 5) is 24.5. The molecule has 0 unspecified atom stereocenters. The van der Waals surface area contributed by atoms with Gasteiger partial charge in [-0.2, -0.15) is 0 Å². The molecule has 1 aliphatic heterocycles. The van der Waals surface area contributed by atoms with Gasteiger partial charge >= 0.3 is 5.97 Å². The minimum atomic E-state index is -1.02. The molecule has 2 atom stereocenters. The number of hydrogen-bond donors (Lipinski definition) is 1. The van der Waals surface area contributed by atoms with Crippen LogP contribution >= 0.6 is 0 Å². The summed E-state index contributed by atoms with van der Waals surface area (Å²) in [5.41, 5.74) is 1.03. The molecule has 0 aromatic heterocycles. The van der Waals surface area contributed by atoms with E-state index in [9.17, 15) is 9.59 Å². The first kappa shape index (κ1) is 11.6. The summed E-state index contributed by atoms with van der Waals surface area (Å²) in [6.45, 7) is 2.38. The first-order valence-electron chi connectivity index (χ1n) is 5.67. The molecule has 0 bridgehead atoms. The van der Waals surface area contributed by atoms with E-state index in [0.717, 1.165) is 5.56 Å². The Morgan fingerprint density at radius 2 is 2.06 bits per heavy atom. The summed E-state index contributed by atoms with van der Waals surface area (Å²) in [5, 5.41) is 8.94. The van der Waals surface area contributed by atoms with Crippen LogP contribution in [0.5, 0.6) is 0 Å². The van der Waals surface area contributed by atoms with Crippen molar-refractivity contribution in [1.82, 2.24) is 4.90 Å². The highest BCUT2D eigenvalue weighted by molar-refractivity contribution is 5.98. The van der Waals surface area contributed by atoms with E-state index in [4.69, 9.17) is 5.11 Å². The number of carboxylic acid groups (broad SMARTS) is 1. The van der Waals surface area contributed by atoms with Gasteiger partial charge in [-0.1, -0.05) is 30.3 Å². The second-order valence-electron chi connectivity index (χ2n) is 4.43. The van der Waals surface area contributed by atoms with Crippen LogP contribution in [0, 0.1) is 5.92 Å². The quantitative estimate of drug-likeness (QED) is 0.805. The van der Waals surface area contributed by atoms with Crippen LogP contribution in [-0.4, -0.2) is 27.9 Å². The Morgan fingerprint density at radius 3 is 2.59 bits per heavy atom. The molecule has 1 aliphatic rings. The molecule has 0 saturated carbocycles. The fraction of sp³-hybridized carbons (Fsp3) is 0.385. The molecule has 4 heteroatoms. The van der Waals surface area contributed by atoms with Gasteiger partial charge in [-0.25, -0.2) is 0 Å². The van der Waals surface area contributed by atoms with Crippen molar-refractivity contribution < 1.29 is 14.7 Å². The maximum Gasteiger partial charge on any atom is 0.316 e. The molecule has 2 rings (SSSR count). The maximum absolute atomic E-state index is 11.9. The Morgan fingerprint density at radius 1 is 1.41 bits per heavy atom. The minimum absolute atomic E-state index is 0.0104. The molecule has 1 fully saturated rings. The Hall–Kier alpha value is -1.84. The highest BCUT2D eigenvalue weighted by Crippen LogP contribution is 2.26. The molecule has 0 spiro atoms. The number of amides is 1. The highest BCUT2D eigenvalue weighted by Gasteiger charge is 2.41. The monoisotopic (exact) mass is 233 g/mol. The van der Waals surface area contributed by atoms with Crippen molar-refractivity contribution in [3.05, 3.63) is 35.9 Å². The van der Waals surface area contributed by atoms with Crippen LogP contribution in [0.4, 0.5) is 0 Å². The Bertz CT molecular complexity index is 430. The topological polar surface area (TPSA) is 57.6 Å². The third-order valence-electron chi connectivity index (χ3n) is 3.18. The normalized spacial score (nSPS) is 24.1. The smallest absolute Gasteiger partial charge is 0.316 e. The lowest BCUT2D eigenvalue weighted by molar-refractivity contribution is -0.147. The number of benzene rings is 1. The zero-order valence-corrected chi connectivity index (χ0v) is 9.67. The number of hydrogen-bond acceptors (Lipinski definition) is 2. The van der Waals surface area contributed by atoms with E-state index < -0.39 is 11.9 Å². The van der Waals surface area contributed by atoms with Crippen LogP contribution in [0.1, 0.15) is 18.9 Å². The van der Waals surface area contributed by atoms with Gasteiger partial charge in [-0.05, 0) is 18.9 Å². The van der Waals surface area contributed by atoms with Crippen LogP contribution in [0.2, 0.25) is 0 Å². The van der Waals surface area contributed by atoms with Gasteiger partial charge in [-0.3, -0.25) is 9.59 Å². The number of carbonyl (C=O) groups is 2. The van der Waals surface area contributed by atoms with Gasteiger partial charge in [-0.15, -0.1) is 0 Å². The number of carboxylic acids is 1. The summed E-state index contributed by atoms with van der Waals surface area (Å²) in [6.07, 6.45) is 0.404. The minimum Gasteiger partial charge on any atom is -0.481 e. The van der Waals surface area contributed by atoms with Gasteiger partial charge in [0.2, 0.25) is 5.91 Å². The predicted molar refractivity (Wildman–Crippen MR) is 62.2 cm³/mol. The summed E-state index contributed by atoms with van der Waals surface area (Å²) in [7, 11) is 0. The van der Waals surface area contributed by atoms with Gasteiger partial charge in [0, 0.05) is 12.6 Å². The fourth-order valence-electron chi connectivity index (χ4n) is 2.21. The predicted octanol–water partition coefficient (Wildman–Crippen LogP) is 1.51. The van der Waals surface area contributed by atoms with Crippen molar-refractivity contribution in [3.63, 3.8) is 0 Å². The van der Waals surface area contributed by atoms with Gasteiger partial charge < -0.3 is 10.0 Å². The van der Waals surface area contributed by atoms with Crippen LogP contribution in [-0.2, 0) is 16.1 Å². The second kappa shape index (κ2) is 4.57. The molecule has 1 aromatic carbocycles. The SMILES string of the molecule is C[C@@H]1C[C@H](C(=O)O)C(=O)N1Cc1ccccc1. The highest BCUT2D eigenvalue weighted by atomic mass is 16.4. The summed E-state index contributed by atoms with van der Waals surface area (Å²) in [6, 6.07) is 9.61. The Labute approximate surface area is 99.9 Å². The third-order valence-corrected chi connectivity index (χ3v) is 3.18. The van der Waals surface area contributed by atoms with E-state index >= 15 is 0 Å². The molecule has 1 amide bonds. The Kier molecular flexibility index (Phi) is 3.13. The van der Waals surface area contributed by atoms with Gasteiger partial charge in [0.25, 0.3) is 0 Å². The van der Waals surface area contributed by atoms with Crippen molar-refractivity contribution >= 4 is 11.9 Å². The molecule has 1 heterocycles. The number of nitrogens with zero attached hydrogens (tertiary/aromatic N) is 1. The molecule has 4 nitrogen and oxygen atoms in total. The van der Waals surface area contributed by atoms with Crippen molar-refractivity contribution in [2.45, 2.75) is 25.9 Å². The lowest BCUT2D eigenvalue weighted by Gasteiger charge is -2.21. The van der Waals surface area contributed by atoms with Crippen LogP contribution in [0.15, 0.2) is 30.3 Å². The van der Waals surface area contributed by atoms with Gasteiger partial charge in [0.05, 0.1) is 0 Å². The zero-order valence-electron chi connectivity index (χ0n) is 9.67. The lowest BCUT2D eigenvalue weighted by atomic mass is 10.1.